The van der Waals surface area contributed by atoms with Gasteiger partial charge in [-0.25, -0.2) is 9.18 Å². The van der Waals surface area contributed by atoms with Gasteiger partial charge in [-0.05, 0) is 38.7 Å². The van der Waals surface area contributed by atoms with Crippen molar-refractivity contribution in [3.8, 4) is 0 Å². The Hall–Kier alpha value is -2.44. The second-order valence-electron chi connectivity index (χ2n) is 6.62. The molecule has 2 atom stereocenters. The molecule has 0 spiro atoms. The van der Waals surface area contributed by atoms with Gasteiger partial charge in [0, 0.05) is 11.6 Å². The van der Waals surface area contributed by atoms with E-state index in [1.165, 1.54) is 25.1 Å². The van der Waals surface area contributed by atoms with Crippen LogP contribution in [0.1, 0.15) is 32.3 Å². The number of imide groups is 1. The third-order valence-electron chi connectivity index (χ3n) is 4.71. The summed E-state index contributed by atoms with van der Waals surface area (Å²) in [6.07, 6.45) is 2.16. The highest BCUT2D eigenvalue weighted by atomic mass is 19.1. The van der Waals surface area contributed by atoms with E-state index in [2.05, 4.69) is 10.6 Å². The Balaban J connectivity index is 1.74. The summed E-state index contributed by atoms with van der Waals surface area (Å²) < 4.78 is 14.0. The van der Waals surface area contributed by atoms with Crippen molar-refractivity contribution in [3.05, 3.63) is 35.6 Å². The van der Waals surface area contributed by atoms with E-state index in [1.54, 1.807) is 6.07 Å². The maximum absolute atomic E-state index is 14.0. The first-order chi connectivity index (χ1) is 11.3. The topological polar surface area (TPSA) is 78.5 Å². The number of rotatable bonds is 5. The normalized spacial score (nSPS) is 24.7. The summed E-state index contributed by atoms with van der Waals surface area (Å²) in [5, 5.41) is 5.30. The molecule has 1 aromatic carbocycles. The lowest BCUT2D eigenvalue weighted by molar-refractivity contribution is -0.135. The molecule has 1 saturated heterocycles. The Kier molecular flexibility index (Phi) is 4.03. The lowest BCUT2D eigenvalue weighted by Gasteiger charge is -2.22. The van der Waals surface area contributed by atoms with Gasteiger partial charge in [-0.15, -0.1) is 0 Å². The van der Waals surface area contributed by atoms with E-state index in [0.29, 0.717) is 5.92 Å². The molecular formula is C17H20FN3O3. The van der Waals surface area contributed by atoms with E-state index in [1.807, 2.05) is 6.92 Å². The van der Waals surface area contributed by atoms with Crippen LogP contribution in [0.4, 0.5) is 9.18 Å². The number of carbonyl (C=O) groups excluding carboxylic acids is 3. The fourth-order valence-electron chi connectivity index (χ4n) is 3.05. The van der Waals surface area contributed by atoms with Crippen molar-refractivity contribution in [3.63, 3.8) is 0 Å². The van der Waals surface area contributed by atoms with Crippen LogP contribution in [-0.2, 0) is 15.1 Å². The molecule has 1 saturated carbocycles. The van der Waals surface area contributed by atoms with E-state index < -0.39 is 29.2 Å². The average Bonchev–Trinajstić information content (AvgIpc) is 3.33. The van der Waals surface area contributed by atoms with E-state index in [0.717, 1.165) is 17.7 Å². The van der Waals surface area contributed by atoms with E-state index in [4.69, 9.17) is 0 Å². The van der Waals surface area contributed by atoms with Crippen LogP contribution in [0.25, 0.3) is 0 Å². The second-order valence-corrected chi connectivity index (χ2v) is 6.62. The van der Waals surface area contributed by atoms with Gasteiger partial charge in [-0.2, -0.15) is 0 Å². The highest BCUT2D eigenvalue weighted by Crippen LogP contribution is 2.32. The summed E-state index contributed by atoms with van der Waals surface area (Å²) in [5.41, 5.74) is -1.43. The number of urea groups is 1. The number of halogens is 1. The smallest absolute Gasteiger partial charge is 0.325 e. The zero-order valence-electron chi connectivity index (χ0n) is 13.6. The van der Waals surface area contributed by atoms with Gasteiger partial charge in [0.15, 0.2) is 0 Å². The number of benzene rings is 1. The molecular weight excluding hydrogens is 313 g/mol. The van der Waals surface area contributed by atoms with Crippen LogP contribution >= 0.6 is 0 Å². The molecule has 24 heavy (non-hydrogen) atoms. The van der Waals surface area contributed by atoms with Gasteiger partial charge in [-0.1, -0.05) is 18.2 Å². The molecule has 2 fully saturated rings. The van der Waals surface area contributed by atoms with Gasteiger partial charge >= 0.3 is 6.03 Å². The van der Waals surface area contributed by atoms with Gasteiger partial charge in [0.05, 0.1) is 0 Å². The monoisotopic (exact) mass is 333 g/mol. The first kappa shape index (κ1) is 16.4. The largest absolute Gasteiger partial charge is 0.352 e. The predicted molar refractivity (Wildman–Crippen MR) is 84.3 cm³/mol. The van der Waals surface area contributed by atoms with Crippen molar-refractivity contribution in [1.82, 2.24) is 15.5 Å². The van der Waals surface area contributed by atoms with Crippen molar-refractivity contribution in [1.29, 1.82) is 0 Å². The molecule has 2 N–H and O–H groups in total. The van der Waals surface area contributed by atoms with Gasteiger partial charge < -0.3 is 10.6 Å². The molecule has 3 rings (SSSR count). The Morgan fingerprint density at radius 3 is 2.71 bits per heavy atom. The van der Waals surface area contributed by atoms with E-state index >= 15 is 0 Å². The van der Waals surface area contributed by atoms with Crippen LogP contribution in [0.2, 0.25) is 0 Å². The van der Waals surface area contributed by atoms with Crippen LogP contribution in [0.5, 0.6) is 0 Å². The highest BCUT2D eigenvalue weighted by molar-refractivity contribution is 6.09. The maximum atomic E-state index is 14.0. The van der Waals surface area contributed by atoms with Crippen LogP contribution in [0.3, 0.4) is 0 Å². The zero-order chi connectivity index (χ0) is 17.5. The molecule has 1 heterocycles. The van der Waals surface area contributed by atoms with E-state index in [-0.39, 0.29) is 18.2 Å². The Labute approximate surface area is 139 Å². The predicted octanol–water partition coefficient (Wildman–Crippen LogP) is 1.51. The molecule has 0 radical (unpaired) electrons. The maximum Gasteiger partial charge on any atom is 0.325 e. The third-order valence-corrected chi connectivity index (χ3v) is 4.71. The minimum atomic E-state index is -1.51. The standard InChI is InChI=1S/C17H20FN3O3/c1-10(11-7-8-11)19-14(22)9-21-15(23)17(2,20-16(21)24)12-5-3-4-6-13(12)18/h3-6,10-11H,7-9H2,1-2H3,(H,19,22)(H,20,24)/t10-,17+/m1/s1. The molecule has 0 aromatic heterocycles. The van der Waals surface area contributed by atoms with Crippen molar-refractivity contribution in [2.24, 2.45) is 5.92 Å². The molecule has 1 aromatic rings. The molecule has 1 aliphatic heterocycles. The summed E-state index contributed by atoms with van der Waals surface area (Å²) in [7, 11) is 0. The highest BCUT2D eigenvalue weighted by Gasteiger charge is 2.50. The lowest BCUT2D eigenvalue weighted by Crippen LogP contribution is -2.45. The molecule has 1 aliphatic carbocycles. The lowest BCUT2D eigenvalue weighted by atomic mass is 9.91. The zero-order valence-corrected chi connectivity index (χ0v) is 13.6. The van der Waals surface area contributed by atoms with Crippen LogP contribution in [0.15, 0.2) is 24.3 Å². The SMILES string of the molecule is C[C@@H](NC(=O)CN1C(=O)N[C@@](C)(c2ccccc2F)C1=O)C1CC1. The number of amides is 4. The number of nitrogens with one attached hydrogen (secondary N) is 2. The molecule has 2 aliphatic rings. The molecule has 6 nitrogen and oxygen atoms in total. The Bertz CT molecular complexity index is 704. The quantitative estimate of drug-likeness (QED) is 0.802. The summed E-state index contributed by atoms with van der Waals surface area (Å²) in [5.74, 6) is -1.13. The summed E-state index contributed by atoms with van der Waals surface area (Å²) in [6.45, 7) is 2.98. The van der Waals surface area contributed by atoms with Crippen LogP contribution in [-0.4, -0.2) is 35.3 Å². The number of nitrogens with zero attached hydrogens (tertiary/aromatic N) is 1. The van der Waals surface area contributed by atoms with Gasteiger partial charge in [0.2, 0.25) is 5.91 Å². The molecule has 128 valence electrons. The second kappa shape index (κ2) is 5.89. The number of carbonyl (C=O) groups is 3. The Morgan fingerprint density at radius 1 is 1.42 bits per heavy atom. The number of hydrogen-bond donors (Lipinski definition) is 2. The van der Waals surface area contributed by atoms with Gasteiger partial charge in [-0.3, -0.25) is 14.5 Å². The molecule has 7 heteroatoms. The summed E-state index contributed by atoms with van der Waals surface area (Å²) in [4.78, 5) is 37.7. The minimum Gasteiger partial charge on any atom is -0.352 e. The van der Waals surface area contributed by atoms with Crippen molar-refractivity contribution < 1.29 is 18.8 Å². The van der Waals surface area contributed by atoms with Crippen LogP contribution < -0.4 is 10.6 Å². The third kappa shape index (κ3) is 2.86. The van der Waals surface area contributed by atoms with Crippen molar-refractivity contribution in [2.45, 2.75) is 38.3 Å². The first-order valence-corrected chi connectivity index (χ1v) is 8.01. The van der Waals surface area contributed by atoms with Gasteiger partial charge in [0.1, 0.15) is 17.9 Å². The van der Waals surface area contributed by atoms with Crippen LogP contribution in [0, 0.1) is 11.7 Å². The summed E-state index contributed by atoms with van der Waals surface area (Å²) in [6, 6.07) is 5.11. The van der Waals surface area contributed by atoms with E-state index in [9.17, 15) is 18.8 Å². The number of hydrogen-bond acceptors (Lipinski definition) is 3. The first-order valence-electron chi connectivity index (χ1n) is 8.01. The molecule has 4 amide bonds. The fourth-order valence-corrected chi connectivity index (χ4v) is 3.05. The summed E-state index contributed by atoms with van der Waals surface area (Å²) >= 11 is 0. The van der Waals surface area contributed by atoms with Gasteiger partial charge in [0.25, 0.3) is 5.91 Å². The molecule has 0 unspecified atom stereocenters. The Morgan fingerprint density at radius 2 is 2.08 bits per heavy atom. The minimum absolute atomic E-state index is 0.0243. The molecule has 0 bridgehead atoms. The van der Waals surface area contributed by atoms with Crippen molar-refractivity contribution >= 4 is 17.8 Å². The van der Waals surface area contributed by atoms with Crippen molar-refractivity contribution in [2.75, 3.05) is 6.54 Å². The average molecular weight is 333 g/mol. The fraction of sp³-hybridized carbons (Fsp3) is 0.471.